The molecule has 136 valence electrons. The molecule has 5 nitrogen and oxygen atoms in total. The zero-order valence-electron chi connectivity index (χ0n) is 14.0. The lowest BCUT2D eigenvalue weighted by Crippen LogP contribution is -2.14. The molecule has 1 N–H and O–H groups in total. The predicted molar refractivity (Wildman–Crippen MR) is 106 cm³/mol. The third-order valence-electron chi connectivity index (χ3n) is 3.72. The van der Waals surface area contributed by atoms with Gasteiger partial charge in [-0.05, 0) is 29.8 Å². The summed E-state index contributed by atoms with van der Waals surface area (Å²) in [6.07, 6.45) is 2.87. The van der Waals surface area contributed by atoms with Crippen molar-refractivity contribution in [3.05, 3.63) is 74.6 Å². The minimum absolute atomic E-state index is 0.163. The van der Waals surface area contributed by atoms with Crippen molar-refractivity contribution in [2.75, 3.05) is 6.26 Å². The maximum Gasteiger partial charge on any atom is 0.267 e. The quantitative estimate of drug-likeness (QED) is 0.662. The fourth-order valence-corrected chi connectivity index (χ4v) is 3.73. The minimum Gasteiger partial charge on any atom is -0.457 e. The Morgan fingerprint density at radius 2 is 1.85 bits per heavy atom. The third-order valence-corrected chi connectivity index (χ3v) is 5.46. The van der Waals surface area contributed by atoms with Crippen molar-refractivity contribution in [3.8, 4) is 28.7 Å². The summed E-state index contributed by atoms with van der Waals surface area (Å²) < 4.78 is 18.0. The van der Waals surface area contributed by atoms with Gasteiger partial charge in [0.05, 0.1) is 25.7 Å². The topological polar surface area (TPSA) is 83.0 Å². The van der Waals surface area contributed by atoms with Crippen molar-refractivity contribution in [2.24, 2.45) is 0 Å². The van der Waals surface area contributed by atoms with Gasteiger partial charge < -0.3 is 9.72 Å². The highest BCUT2D eigenvalue weighted by Crippen LogP contribution is 2.33. The van der Waals surface area contributed by atoms with Crippen molar-refractivity contribution in [1.82, 2.24) is 4.98 Å². The lowest BCUT2D eigenvalue weighted by Gasteiger charge is -2.11. The molecule has 1 unspecified atom stereocenters. The van der Waals surface area contributed by atoms with Crippen LogP contribution in [0.1, 0.15) is 5.56 Å². The molecule has 0 saturated carbocycles. The van der Waals surface area contributed by atoms with Crippen molar-refractivity contribution in [2.45, 2.75) is 4.90 Å². The first-order valence-electron chi connectivity index (χ1n) is 7.63. The van der Waals surface area contributed by atoms with E-state index >= 15 is 0 Å². The summed E-state index contributed by atoms with van der Waals surface area (Å²) in [6, 6.07) is 13.7. The Balaban J connectivity index is 2.06. The molecule has 0 bridgehead atoms. The molecule has 0 aliphatic heterocycles. The van der Waals surface area contributed by atoms with Crippen molar-refractivity contribution in [3.63, 3.8) is 0 Å². The van der Waals surface area contributed by atoms with Gasteiger partial charge in [0.25, 0.3) is 5.56 Å². The van der Waals surface area contributed by atoms with E-state index in [1.807, 2.05) is 6.07 Å². The SMILES string of the molecule is CS(=O)c1c(-c2cccc(Oc3ccc(Cl)c(Cl)c3)c2)c[nH]c(=O)c1C#N. The molecular weight excluding hydrogens is 407 g/mol. The molecule has 0 aliphatic carbocycles. The van der Waals surface area contributed by atoms with Gasteiger partial charge in [-0.25, -0.2) is 0 Å². The number of benzene rings is 2. The second-order valence-electron chi connectivity index (χ2n) is 5.51. The van der Waals surface area contributed by atoms with Crippen LogP contribution < -0.4 is 10.3 Å². The van der Waals surface area contributed by atoms with Crippen LogP contribution in [0.5, 0.6) is 11.5 Å². The number of aromatic nitrogens is 1. The first-order chi connectivity index (χ1) is 12.9. The standard InChI is InChI=1S/C19H12Cl2N2O3S/c1-27(25)18-14(9-22)19(24)23-10-15(18)11-3-2-4-12(7-11)26-13-5-6-16(20)17(21)8-13/h2-8,10H,1H3,(H,23,24). The van der Waals surface area contributed by atoms with E-state index in [0.29, 0.717) is 32.7 Å². The summed E-state index contributed by atoms with van der Waals surface area (Å²) in [4.78, 5) is 14.6. The lowest BCUT2D eigenvalue weighted by molar-refractivity contribution is 0.483. The summed E-state index contributed by atoms with van der Waals surface area (Å²) in [5.74, 6) is 1.00. The Labute approximate surface area is 167 Å². The van der Waals surface area contributed by atoms with Crippen LogP contribution in [0.25, 0.3) is 11.1 Å². The second-order valence-corrected chi connectivity index (χ2v) is 7.64. The van der Waals surface area contributed by atoms with E-state index in [0.717, 1.165) is 0 Å². The molecule has 0 saturated heterocycles. The van der Waals surface area contributed by atoms with Gasteiger partial charge in [0.2, 0.25) is 0 Å². The molecule has 1 aromatic heterocycles. The number of hydrogen-bond acceptors (Lipinski definition) is 4. The molecular formula is C19H12Cl2N2O3S. The van der Waals surface area contributed by atoms with Crippen LogP contribution in [0.3, 0.4) is 0 Å². The maximum atomic E-state index is 12.2. The number of pyridine rings is 1. The van der Waals surface area contributed by atoms with Gasteiger partial charge in [0.1, 0.15) is 23.1 Å². The molecule has 1 heterocycles. The van der Waals surface area contributed by atoms with Crippen LogP contribution in [0, 0.1) is 11.3 Å². The number of aromatic amines is 1. The summed E-state index contributed by atoms with van der Waals surface area (Å²) >= 11 is 11.9. The number of H-pyrrole nitrogens is 1. The van der Waals surface area contributed by atoms with E-state index in [9.17, 15) is 14.3 Å². The average molecular weight is 419 g/mol. The van der Waals surface area contributed by atoms with E-state index in [2.05, 4.69) is 4.98 Å². The normalized spacial score (nSPS) is 11.6. The Hall–Kier alpha value is -2.59. The third kappa shape index (κ3) is 4.06. The largest absolute Gasteiger partial charge is 0.457 e. The van der Waals surface area contributed by atoms with E-state index in [-0.39, 0.29) is 10.5 Å². The van der Waals surface area contributed by atoms with Crippen LogP contribution in [0.2, 0.25) is 10.0 Å². The number of nitrogens with one attached hydrogen (secondary N) is 1. The smallest absolute Gasteiger partial charge is 0.267 e. The highest BCUT2D eigenvalue weighted by Gasteiger charge is 2.17. The number of ether oxygens (including phenoxy) is 1. The Morgan fingerprint density at radius 1 is 1.11 bits per heavy atom. The van der Waals surface area contributed by atoms with Crippen LogP contribution in [0.15, 0.2) is 58.4 Å². The zero-order valence-corrected chi connectivity index (χ0v) is 16.3. The van der Waals surface area contributed by atoms with Gasteiger partial charge >= 0.3 is 0 Å². The number of halogens is 2. The predicted octanol–water partition coefficient (Wildman–Crippen LogP) is 4.75. The van der Waals surface area contributed by atoms with E-state index < -0.39 is 16.4 Å². The Kier molecular flexibility index (Phi) is 5.66. The summed E-state index contributed by atoms with van der Waals surface area (Å²) in [5.41, 5.74) is 0.399. The molecule has 8 heteroatoms. The Bertz CT molecular complexity index is 1150. The molecule has 0 spiro atoms. The van der Waals surface area contributed by atoms with Crippen LogP contribution in [0.4, 0.5) is 0 Å². The van der Waals surface area contributed by atoms with Crippen LogP contribution >= 0.6 is 23.2 Å². The van der Waals surface area contributed by atoms with Crippen LogP contribution in [-0.2, 0) is 10.8 Å². The van der Waals surface area contributed by atoms with Crippen LogP contribution in [-0.4, -0.2) is 15.4 Å². The number of rotatable bonds is 4. The minimum atomic E-state index is -1.53. The van der Waals surface area contributed by atoms with Gasteiger partial charge in [-0.3, -0.25) is 9.00 Å². The van der Waals surface area contributed by atoms with Gasteiger partial charge in [0.15, 0.2) is 0 Å². The molecule has 0 radical (unpaired) electrons. The lowest BCUT2D eigenvalue weighted by atomic mass is 10.1. The zero-order chi connectivity index (χ0) is 19.6. The summed E-state index contributed by atoms with van der Waals surface area (Å²) in [6.45, 7) is 0. The van der Waals surface area contributed by atoms with Crippen molar-refractivity contribution >= 4 is 34.0 Å². The molecule has 27 heavy (non-hydrogen) atoms. The van der Waals surface area contributed by atoms with Gasteiger partial charge in [-0.2, -0.15) is 5.26 Å². The molecule has 3 rings (SSSR count). The first-order valence-corrected chi connectivity index (χ1v) is 9.94. The van der Waals surface area contributed by atoms with Gasteiger partial charge in [-0.1, -0.05) is 35.3 Å². The van der Waals surface area contributed by atoms with E-state index in [4.69, 9.17) is 27.9 Å². The molecule has 0 fully saturated rings. The fraction of sp³-hybridized carbons (Fsp3) is 0.0526. The van der Waals surface area contributed by atoms with Crippen molar-refractivity contribution < 1.29 is 8.95 Å². The van der Waals surface area contributed by atoms with Crippen molar-refractivity contribution in [1.29, 1.82) is 5.26 Å². The average Bonchev–Trinajstić information content (AvgIpc) is 2.64. The molecule has 0 amide bonds. The highest BCUT2D eigenvalue weighted by atomic mass is 35.5. The molecule has 1 atom stereocenters. The van der Waals surface area contributed by atoms with E-state index in [1.165, 1.54) is 12.5 Å². The number of nitriles is 1. The van der Waals surface area contributed by atoms with E-state index in [1.54, 1.807) is 42.5 Å². The number of nitrogens with zero attached hydrogens (tertiary/aromatic N) is 1. The first kappa shape index (κ1) is 19.2. The van der Waals surface area contributed by atoms with Gasteiger partial charge in [0, 0.05) is 24.1 Å². The van der Waals surface area contributed by atoms with Gasteiger partial charge in [-0.15, -0.1) is 0 Å². The number of hydrogen-bond donors (Lipinski definition) is 1. The molecule has 0 aliphatic rings. The molecule has 2 aromatic carbocycles. The maximum absolute atomic E-state index is 12.2. The highest BCUT2D eigenvalue weighted by molar-refractivity contribution is 7.84. The summed E-state index contributed by atoms with van der Waals surface area (Å²) in [5, 5.41) is 10.1. The monoisotopic (exact) mass is 418 g/mol. The second kappa shape index (κ2) is 7.97. The molecule has 3 aromatic rings. The summed E-state index contributed by atoms with van der Waals surface area (Å²) in [7, 11) is -1.53. The fourth-order valence-electron chi connectivity index (χ4n) is 2.53. The Morgan fingerprint density at radius 3 is 2.52 bits per heavy atom.